The van der Waals surface area contributed by atoms with Crippen molar-refractivity contribution >= 4 is 94.9 Å². The lowest BCUT2D eigenvalue weighted by Gasteiger charge is -2.39. The number of hydrogen-bond acceptors (Lipinski definition) is 22. The average Bonchev–Trinajstić information content (AvgIpc) is 0.762. The number of ether oxygens (including phenoxy) is 8. The van der Waals surface area contributed by atoms with Gasteiger partial charge in [-0.25, -0.2) is 58.8 Å². The van der Waals surface area contributed by atoms with Crippen LogP contribution in [0.3, 0.4) is 0 Å². The van der Waals surface area contributed by atoms with Crippen LogP contribution in [-0.4, -0.2) is 164 Å². The van der Waals surface area contributed by atoms with Gasteiger partial charge in [-0.1, -0.05) is 0 Å². The van der Waals surface area contributed by atoms with Crippen LogP contribution >= 0.6 is 0 Å². The summed E-state index contributed by atoms with van der Waals surface area (Å²) in [5.74, 6) is -6.70. The lowest BCUT2D eigenvalue weighted by molar-refractivity contribution is -0.138. The molecule has 3 heterocycles. The molecule has 32 nitrogen and oxygen atoms in total. The van der Waals surface area contributed by atoms with E-state index in [-0.39, 0.29) is 64.1 Å². The number of guanidine groups is 2. The number of halogens is 6. The Morgan fingerprint density at radius 1 is 0.463 bits per heavy atom. The fraction of sp³-hybridized carbons (Fsp3) is 0.600. The Hall–Kier alpha value is -10.5. The van der Waals surface area contributed by atoms with Crippen LogP contribution in [0.4, 0.5) is 77.9 Å². The van der Waals surface area contributed by atoms with Crippen molar-refractivity contribution in [2.45, 2.75) is 248 Å². The van der Waals surface area contributed by atoms with Crippen molar-refractivity contribution < 1.29 is 112 Å². The van der Waals surface area contributed by atoms with Crippen LogP contribution in [0.25, 0.3) is 0 Å². The number of amides is 10. The second-order valence-electron chi connectivity index (χ2n) is 30.9. The number of benzene rings is 2. The topological polar surface area (TPSA) is 380 Å². The summed E-state index contributed by atoms with van der Waals surface area (Å²) in [5, 5.41) is 16.5. The highest BCUT2D eigenvalue weighted by Gasteiger charge is 2.44. The van der Waals surface area contributed by atoms with Gasteiger partial charge in [0.2, 0.25) is 23.7 Å². The highest BCUT2D eigenvalue weighted by atomic mass is 19.4. The minimum atomic E-state index is -5.27. The van der Waals surface area contributed by atoms with Gasteiger partial charge < -0.3 is 48.5 Å². The maximum absolute atomic E-state index is 15.4. The maximum Gasteiger partial charge on any atom is 0.429 e. The number of nitrogens with zero attached hydrogens (tertiary/aromatic N) is 8. The predicted octanol–water partition coefficient (Wildman–Crippen LogP) is 13.5. The van der Waals surface area contributed by atoms with E-state index in [4.69, 9.17) is 37.9 Å². The zero-order valence-electron chi connectivity index (χ0n) is 64.3. The fourth-order valence-electron chi connectivity index (χ4n) is 9.55. The molecule has 2 atom stereocenters. The van der Waals surface area contributed by atoms with Gasteiger partial charge in [0.15, 0.2) is 11.5 Å². The number of carbonyl (C=O) groups is 10. The number of rotatable bonds is 14. The van der Waals surface area contributed by atoms with E-state index < -0.39 is 200 Å². The van der Waals surface area contributed by atoms with Crippen LogP contribution in [-0.2, 0) is 50.4 Å². The van der Waals surface area contributed by atoms with Crippen molar-refractivity contribution in [3.63, 3.8) is 0 Å². The molecule has 2 aliphatic rings. The summed E-state index contributed by atoms with van der Waals surface area (Å²) in [6, 6.07) is 2.65. The first-order valence-electron chi connectivity index (χ1n) is 34.5. The van der Waals surface area contributed by atoms with Crippen molar-refractivity contribution in [3.05, 3.63) is 59.2 Å². The number of hydrazine groups is 2. The highest BCUT2D eigenvalue weighted by molar-refractivity contribution is 6.11. The van der Waals surface area contributed by atoms with Crippen molar-refractivity contribution in [3.8, 4) is 11.5 Å². The standard InChI is InChI=1S/C70H98F6N14O18/c1-39-27-31-87(61(99)107-67(15,16)17)89(50(92)26-22-24-30-78-56(85-59(97)105-65(9,10)11)86-60(98)106-66(12,13)14)47-35-42(70(74,75)76)34-44(52(47)102-39)82-53(93)45-37-46(80-38-79-45)54(94)90-48-36-41(69(71,72)73)33-43(51(48)101-40(2)28-32-88(90)62(100)108-68(18,19)20)81-49(91)25-21-23-29-77-55(83-57(95)103-63(3,4)5)84-58(96)104-64(6,7)8/h33-40H,21-32H2,1-20H3,(H,81,91)(H,82,93)(H2,77,83,84,95,96)(H2,78,85,86,97,98)/t39-,40-/m0/s1. The fourth-order valence-corrected chi connectivity index (χ4v) is 9.55. The summed E-state index contributed by atoms with van der Waals surface area (Å²) in [6.07, 6.45) is -19.5. The Bertz CT molecular complexity index is 3800. The van der Waals surface area contributed by atoms with Gasteiger partial charge in [0.05, 0.1) is 47.8 Å². The van der Waals surface area contributed by atoms with E-state index >= 15 is 31.1 Å². The second-order valence-corrected chi connectivity index (χ2v) is 30.9. The number of carbonyl (C=O) groups excluding carboxylic acids is 10. The molecular formula is C70H98F6N14O18. The Balaban J connectivity index is 1.58. The lowest BCUT2D eigenvalue weighted by atomic mass is 10.1. The molecule has 0 saturated carbocycles. The van der Waals surface area contributed by atoms with Gasteiger partial charge in [-0.15, -0.1) is 0 Å². The van der Waals surface area contributed by atoms with Crippen LogP contribution in [0.1, 0.15) is 222 Å². The number of fused-ring (bicyclic) bond motifs is 2. The van der Waals surface area contributed by atoms with Crippen LogP contribution in [0.15, 0.2) is 46.6 Å². The SMILES string of the molecule is C[C@H]1CCN(C(=O)OC(C)(C)C)N(C(=O)CCCCN=C(NC(=O)OC(C)(C)C)NC(=O)OC(C)(C)C)c2cc(C(F)(F)F)cc(NC(=O)c3cc(C(=O)N4c5cc(C(F)(F)F)cc(NC(=O)CCCCN=C(NC(=O)OC(C)(C)C)NC(=O)OC(C)(C)C)c5O[C@@H](C)CCN4C(=O)OC(C)(C)C)ncn3)c2O1. The number of anilines is 4. The Morgan fingerprint density at radius 3 is 1.19 bits per heavy atom. The van der Waals surface area contributed by atoms with Crippen LogP contribution in [0.5, 0.6) is 11.5 Å². The molecule has 0 spiro atoms. The van der Waals surface area contributed by atoms with E-state index in [1.807, 2.05) is 0 Å². The number of nitrogens with one attached hydrogen (secondary N) is 6. The van der Waals surface area contributed by atoms with Crippen molar-refractivity contribution in [1.29, 1.82) is 0 Å². The molecule has 0 radical (unpaired) electrons. The average molecular weight is 1540 g/mol. The van der Waals surface area contributed by atoms with E-state index in [0.29, 0.717) is 51.7 Å². The van der Waals surface area contributed by atoms with Gasteiger partial charge in [-0.2, -0.15) is 26.3 Å². The lowest BCUT2D eigenvalue weighted by Crippen LogP contribution is -2.54. The molecule has 598 valence electrons. The number of aromatic nitrogens is 2. The van der Waals surface area contributed by atoms with Gasteiger partial charge >= 0.3 is 48.9 Å². The Labute approximate surface area is 621 Å². The number of alkyl halides is 6. The third kappa shape index (κ3) is 29.0. The quantitative estimate of drug-likeness (QED) is 0.0287. The zero-order valence-corrected chi connectivity index (χ0v) is 64.3. The highest BCUT2D eigenvalue weighted by Crippen LogP contribution is 2.47. The number of unbranched alkanes of at least 4 members (excludes halogenated alkanes) is 2. The Kier molecular flexibility index (Phi) is 29.0. The smallest absolute Gasteiger partial charge is 0.429 e. The van der Waals surface area contributed by atoms with Crippen LogP contribution in [0.2, 0.25) is 0 Å². The molecule has 0 unspecified atom stereocenters. The molecule has 10 amide bonds. The van der Waals surface area contributed by atoms with Gasteiger partial charge in [-0.05, 0) is 188 Å². The molecule has 5 rings (SSSR count). The van der Waals surface area contributed by atoms with Crippen molar-refractivity contribution in [2.24, 2.45) is 9.98 Å². The first-order valence-corrected chi connectivity index (χ1v) is 34.5. The normalized spacial score (nSPS) is 15.2. The second kappa shape index (κ2) is 35.5. The monoisotopic (exact) mass is 1540 g/mol. The summed E-state index contributed by atoms with van der Waals surface area (Å²) in [6.45, 7) is 29.8. The van der Waals surface area contributed by atoms with E-state index in [9.17, 15) is 43.2 Å². The number of alkyl carbamates (subject to hydrolysis) is 4. The molecule has 0 bridgehead atoms. The predicted molar refractivity (Wildman–Crippen MR) is 381 cm³/mol. The van der Waals surface area contributed by atoms with E-state index in [2.05, 4.69) is 51.9 Å². The van der Waals surface area contributed by atoms with Crippen LogP contribution < -0.4 is 51.4 Å². The molecule has 0 aliphatic carbocycles. The zero-order chi connectivity index (χ0) is 81.6. The molecule has 2 aliphatic heterocycles. The van der Waals surface area contributed by atoms with Gasteiger partial charge in [0.1, 0.15) is 62.7 Å². The van der Waals surface area contributed by atoms with Gasteiger partial charge in [0, 0.05) is 44.8 Å². The van der Waals surface area contributed by atoms with Crippen molar-refractivity contribution in [2.75, 3.05) is 46.8 Å². The van der Waals surface area contributed by atoms with Gasteiger partial charge in [0.25, 0.3) is 11.8 Å². The van der Waals surface area contributed by atoms with Crippen LogP contribution in [0, 0.1) is 0 Å². The summed E-state index contributed by atoms with van der Waals surface area (Å²) in [4.78, 5) is 155. The number of aliphatic imine (C=N–C) groups is 2. The molecule has 3 aromatic rings. The van der Waals surface area contributed by atoms with Gasteiger partial charge in [-0.3, -0.25) is 50.4 Å². The first-order chi connectivity index (χ1) is 49.4. The van der Waals surface area contributed by atoms with E-state index in [1.54, 1.807) is 83.1 Å². The first kappa shape index (κ1) is 88.2. The van der Waals surface area contributed by atoms with E-state index in [0.717, 1.165) is 5.01 Å². The molecule has 108 heavy (non-hydrogen) atoms. The third-order valence-corrected chi connectivity index (χ3v) is 13.8. The minimum Gasteiger partial charge on any atom is -0.486 e. The van der Waals surface area contributed by atoms with E-state index in [1.165, 1.54) is 55.4 Å². The number of hydrogen-bond donors (Lipinski definition) is 6. The molecule has 2 aromatic carbocycles. The molecule has 0 saturated heterocycles. The molecule has 0 fully saturated rings. The molecule has 38 heteroatoms. The summed E-state index contributed by atoms with van der Waals surface area (Å²) < 4.78 is 137. The molecule has 1 aromatic heterocycles. The largest absolute Gasteiger partial charge is 0.486 e. The summed E-state index contributed by atoms with van der Waals surface area (Å²) in [5.41, 5.74) is -14.0. The maximum atomic E-state index is 15.4. The minimum absolute atomic E-state index is 0.000931. The Morgan fingerprint density at radius 2 is 0.815 bits per heavy atom. The summed E-state index contributed by atoms with van der Waals surface area (Å²) in [7, 11) is 0. The summed E-state index contributed by atoms with van der Waals surface area (Å²) >= 11 is 0. The molecular weight excluding hydrogens is 1440 g/mol. The third-order valence-electron chi connectivity index (χ3n) is 13.8. The van der Waals surface area contributed by atoms with Crippen molar-refractivity contribution in [1.82, 2.24) is 41.3 Å². The molecule has 6 N–H and O–H groups in total.